The molecule has 1 spiro atoms. The third-order valence-corrected chi connectivity index (χ3v) is 3.80. The molecule has 0 saturated carbocycles. The van der Waals surface area contributed by atoms with Crippen LogP contribution in [0.25, 0.3) is 0 Å². The number of oxime groups is 1. The molecule has 1 aromatic carbocycles. The van der Waals surface area contributed by atoms with Gasteiger partial charge in [-0.25, -0.2) is 0 Å². The van der Waals surface area contributed by atoms with Crippen molar-refractivity contribution in [1.29, 1.82) is 0 Å². The van der Waals surface area contributed by atoms with E-state index in [2.05, 4.69) is 14.6 Å². The Bertz CT molecular complexity index is 481. The number of nitrogens with zero attached hydrogens (tertiary/aromatic N) is 2. The summed E-state index contributed by atoms with van der Waals surface area (Å²) in [4.78, 5) is 2.04. The van der Waals surface area contributed by atoms with Crippen LogP contribution in [0.5, 0.6) is 5.75 Å². The van der Waals surface area contributed by atoms with Crippen molar-refractivity contribution in [3.63, 3.8) is 0 Å². The van der Waals surface area contributed by atoms with Gasteiger partial charge in [0.25, 0.3) is 0 Å². The maximum absolute atomic E-state index is 5.80. The van der Waals surface area contributed by atoms with Gasteiger partial charge in [-0.05, 0) is 17.3 Å². The molecule has 0 N–H and O–H groups in total. The third kappa shape index (κ3) is 3.46. The molecule has 114 valence electrons. The van der Waals surface area contributed by atoms with E-state index in [1.54, 1.807) is 0 Å². The highest BCUT2D eigenvalue weighted by Gasteiger charge is 2.40. The van der Waals surface area contributed by atoms with Crippen LogP contribution in [0.3, 0.4) is 0 Å². The summed E-state index contributed by atoms with van der Waals surface area (Å²) in [7, 11) is 2.11. The first-order valence-corrected chi connectivity index (χ1v) is 7.48. The number of hydrogen-bond acceptors (Lipinski definition) is 5. The Balaban J connectivity index is 1.64. The van der Waals surface area contributed by atoms with E-state index in [0.717, 1.165) is 31.7 Å². The average Bonchev–Trinajstić information content (AvgIpc) is 2.97. The van der Waals surface area contributed by atoms with Crippen LogP contribution in [0.4, 0.5) is 0 Å². The lowest BCUT2D eigenvalue weighted by Crippen LogP contribution is -2.48. The average molecular weight is 310 g/mol. The van der Waals surface area contributed by atoms with Crippen LogP contribution in [-0.4, -0.2) is 43.0 Å². The third-order valence-electron chi connectivity index (χ3n) is 3.69. The zero-order valence-electron chi connectivity index (χ0n) is 11.7. The number of para-hydroxylation sites is 1. The van der Waals surface area contributed by atoms with Gasteiger partial charge in [0.1, 0.15) is 5.75 Å². The van der Waals surface area contributed by atoms with Crippen LogP contribution in [-0.2, 0) is 14.1 Å². The van der Waals surface area contributed by atoms with Crippen LogP contribution in [0.1, 0.15) is 12.8 Å². The quantitative estimate of drug-likeness (QED) is 0.362. The number of piperidine rings is 1. The Labute approximate surface area is 126 Å². The van der Waals surface area contributed by atoms with Crippen molar-refractivity contribution in [2.75, 3.05) is 26.3 Å². The number of amidine groups is 1. The van der Waals surface area contributed by atoms with Gasteiger partial charge >= 0.3 is 6.02 Å². The first-order valence-electron chi connectivity index (χ1n) is 7.01. The monoisotopic (exact) mass is 310 g/mol. The van der Waals surface area contributed by atoms with Crippen molar-refractivity contribution in [3.05, 3.63) is 30.3 Å². The number of benzene rings is 1. The minimum absolute atomic E-state index is 0.407. The number of rotatable bonds is 2. The van der Waals surface area contributed by atoms with Crippen molar-refractivity contribution in [3.8, 4) is 5.75 Å². The van der Waals surface area contributed by atoms with Crippen molar-refractivity contribution in [1.82, 2.24) is 4.90 Å². The molecule has 2 fully saturated rings. The highest BCUT2D eigenvalue weighted by Crippen LogP contribution is 2.31. The number of ether oxygens (including phenoxy) is 3. The van der Waals surface area contributed by atoms with Gasteiger partial charge in [-0.15, -0.1) is 0 Å². The van der Waals surface area contributed by atoms with Gasteiger partial charge in [0.2, 0.25) is 0 Å². The van der Waals surface area contributed by atoms with Crippen molar-refractivity contribution >= 4 is 15.5 Å². The summed E-state index contributed by atoms with van der Waals surface area (Å²) in [5.74, 6) is 0.322. The first kappa shape index (κ1) is 14.6. The Morgan fingerprint density at radius 3 is 2.43 bits per heavy atom. The van der Waals surface area contributed by atoms with Crippen LogP contribution in [0, 0.1) is 0 Å². The molecular formula is C14H19N2O4P. The van der Waals surface area contributed by atoms with Gasteiger partial charge in [0.15, 0.2) is 5.79 Å². The normalized spacial score (nSPS) is 21.6. The van der Waals surface area contributed by atoms with Gasteiger partial charge in [-0.2, -0.15) is 0 Å². The van der Waals surface area contributed by atoms with E-state index in [9.17, 15) is 0 Å². The molecule has 0 aromatic heterocycles. The van der Waals surface area contributed by atoms with Crippen LogP contribution in [0.15, 0.2) is 35.5 Å². The summed E-state index contributed by atoms with van der Waals surface area (Å²) in [6.07, 6.45) is 1.59. The van der Waals surface area contributed by atoms with E-state index in [0.29, 0.717) is 19.2 Å². The summed E-state index contributed by atoms with van der Waals surface area (Å²) in [5, 5.41) is 3.96. The largest absolute Gasteiger partial charge is 0.424 e. The molecule has 6 nitrogen and oxygen atoms in total. The summed E-state index contributed by atoms with van der Waals surface area (Å²) in [5.41, 5.74) is 0. The van der Waals surface area contributed by atoms with Gasteiger partial charge in [0.05, 0.1) is 22.7 Å². The predicted octanol–water partition coefficient (Wildman–Crippen LogP) is 1.98. The molecule has 1 unspecified atom stereocenters. The lowest BCUT2D eigenvalue weighted by Gasteiger charge is -2.37. The van der Waals surface area contributed by atoms with E-state index in [-0.39, 0.29) is 0 Å². The summed E-state index contributed by atoms with van der Waals surface area (Å²) >= 11 is 0. The Morgan fingerprint density at radius 1 is 1.14 bits per heavy atom. The van der Waals surface area contributed by atoms with Crippen LogP contribution < -0.4 is 4.74 Å². The zero-order chi connectivity index (χ0) is 14.5. The van der Waals surface area contributed by atoms with E-state index < -0.39 is 5.79 Å². The molecule has 0 bridgehead atoms. The number of hydrogen-bond donors (Lipinski definition) is 0. The fraction of sp³-hybridized carbons (Fsp3) is 0.500. The molecule has 21 heavy (non-hydrogen) atoms. The molecule has 7 heteroatoms. The van der Waals surface area contributed by atoms with Crippen molar-refractivity contribution < 1.29 is 18.8 Å². The fourth-order valence-electron chi connectivity index (χ4n) is 2.60. The maximum atomic E-state index is 5.80. The zero-order valence-corrected chi connectivity index (χ0v) is 12.9. The molecule has 1 atom stereocenters. The van der Waals surface area contributed by atoms with E-state index >= 15 is 0 Å². The topological polar surface area (TPSA) is 52.5 Å². The second kappa shape index (κ2) is 6.60. The SMILES string of the molecule is PO/N=C(\Oc1ccccc1)N1CCC2(CC1)OCCO2. The highest BCUT2D eigenvalue weighted by atomic mass is 31.0. The van der Waals surface area contributed by atoms with E-state index in [4.69, 9.17) is 18.8 Å². The molecule has 2 saturated heterocycles. The molecular weight excluding hydrogens is 291 g/mol. The first-order chi connectivity index (χ1) is 10.3. The smallest absolute Gasteiger partial charge is 0.332 e. The van der Waals surface area contributed by atoms with Crippen molar-refractivity contribution in [2.24, 2.45) is 5.16 Å². The minimum atomic E-state index is -0.407. The standard InChI is InChI=1S/C14H19N2O4P/c21-20-15-13(19-12-4-2-1-3-5-12)16-8-6-14(7-9-16)17-10-11-18-14/h1-5H,6-11,21H2/b15-13-. The highest BCUT2D eigenvalue weighted by molar-refractivity contribution is 7.09. The molecule has 3 rings (SSSR count). The van der Waals surface area contributed by atoms with Crippen molar-refractivity contribution in [2.45, 2.75) is 18.6 Å². The summed E-state index contributed by atoms with van der Waals surface area (Å²) in [6.45, 7) is 2.85. The molecule has 0 radical (unpaired) electrons. The fourth-order valence-corrected chi connectivity index (χ4v) is 2.69. The van der Waals surface area contributed by atoms with Gasteiger partial charge < -0.3 is 23.7 Å². The molecule has 1 aromatic rings. The molecule has 0 amide bonds. The number of likely N-dealkylation sites (tertiary alicyclic amines) is 1. The molecule has 2 aliphatic rings. The second-order valence-electron chi connectivity index (χ2n) is 4.99. The molecule has 0 aliphatic carbocycles. The Morgan fingerprint density at radius 2 is 1.81 bits per heavy atom. The molecule has 2 aliphatic heterocycles. The van der Waals surface area contributed by atoms with Gasteiger partial charge in [0, 0.05) is 25.9 Å². The molecule has 2 heterocycles. The Kier molecular flexibility index (Phi) is 4.58. The van der Waals surface area contributed by atoms with Gasteiger partial charge in [-0.3, -0.25) is 0 Å². The van der Waals surface area contributed by atoms with E-state index in [1.165, 1.54) is 0 Å². The second-order valence-corrected chi connectivity index (χ2v) is 5.20. The Hall–Kier alpha value is -1.36. The van der Waals surface area contributed by atoms with E-state index in [1.807, 2.05) is 35.2 Å². The summed E-state index contributed by atoms with van der Waals surface area (Å²) in [6, 6.07) is 9.98. The summed E-state index contributed by atoms with van der Waals surface area (Å²) < 4.78 is 22.1. The van der Waals surface area contributed by atoms with Gasteiger partial charge in [-0.1, -0.05) is 18.2 Å². The lowest BCUT2D eigenvalue weighted by molar-refractivity contribution is -0.181. The maximum Gasteiger partial charge on any atom is 0.332 e. The lowest BCUT2D eigenvalue weighted by atomic mass is 10.0. The minimum Gasteiger partial charge on any atom is -0.424 e. The predicted molar refractivity (Wildman–Crippen MR) is 80.7 cm³/mol. The van der Waals surface area contributed by atoms with Crippen LogP contribution >= 0.6 is 9.47 Å². The van der Waals surface area contributed by atoms with Crippen LogP contribution in [0.2, 0.25) is 0 Å².